The molecule has 9 nitrogen and oxygen atoms in total. The van der Waals surface area contributed by atoms with Crippen molar-refractivity contribution >= 4 is 63.0 Å². The third-order valence-electron chi connectivity index (χ3n) is 5.60. The second-order valence-corrected chi connectivity index (χ2v) is 14.6. The van der Waals surface area contributed by atoms with E-state index >= 15 is 0 Å². The Bertz CT molecular complexity index is 1520. The lowest BCUT2D eigenvalue weighted by Crippen LogP contribution is -2.42. The Kier molecular flexibility index (Phi) is 9.15. The van der Waals surface area contributed by atoms with Crippen LogP contribution in [0.2, 0.25) is 10.0 Å². The van der Waals surface area contributed by atoms with Gasteiger partial charge >= 0.3 is 5.97 Å². The number of benzene rings is 3. The maximum absolute atomic E-state index is 13.1. The highest BCUT2D eigenvalue weighted by Gasteiger charge is 2.25. The number of phenolic OH excluding ortho intramolecular Hbond substituents is 1. The van der Waals surface area contributed by atoms with Crippen molar-refractivity contribution in [1.29, 1.82) is 0 Å². The standard InChI is InChI=1S/C25H25Cl2N2O7PS/c1-37(34,18-7-4-6-17(30)13-18)14-28-16-11-20(26)23(21(27)12-16)24(31)29-22(25(32)33)10-15-5-3-8-19(9-15)38(2,35)36/h3-9,11-13,22,28,30H,10,14H2,1-2H3,(H,29,31)(H,32,33)/t22-,37?/m0/s1. The highest BCUT2D eigenvalue weighted by Crippen LogP contribution is 2.41. The Hall–Kier alpha value is -3.04. The van der Waals surface area contributed by atoms with E-state index in [4.69, 9.17) is 23.2 Å². The summed E-state index contributed by atoms with van der Waals surface area (Å²) in [7, 11) is -6.41. The van der Waals surface area contributed by atoms with Crippen LogP contribution in [0.25, 0.3) is 0 Å². The zero-order valence-electron chi connectivity index (χ0n) is 20.3. The summed E-state index contributed by atoms with van der Waals surface area (Å²) in [5.41, 5.74) is 0.627. The number of aliphatic carboxylic acids is 1. The fourth-order valence-corrected chi connectivity index (χ4v) is 6.41. The molecule has 0 bridgehead atoms. The lowest BCUT2D eigenvalue weighted by molar-refractivity contribution is -0.139. The van der Waals surface area contributed by atoms with E-state index in [1.807, 2.05) is 0 Å². The number of hydrogen-bond acceptors (Lipinski definition) is 7. The number of carbonyl (C=O) groups is 2. The van der Waals surface area contributed by atoms with Gasteiger partial charge < -0.3 is 25.4 Å². The molecule has 0 saturated carbocycles. The van der Waals surface area contributed by atoms with Crippen LogP contribution in [0, 0.1) is 0 Å². The van der Waals surface area contributed by atoms with Gasteiger partial charge in [0.1, 0.15) is 18.9 Å². The Morgan fingerprint density at radius 3 is 2.24 bits per heavy atom. The average molecular weight is 599 g/mol. The molecule has 1 amide bonds. The van der Waals surface area contributed by atoms with Gasteiger partial charge in [0, 0.05) is 23.7 Å². The van der Waals surface area contributed by atoms with Gasteiger partial charge in [-0.1, -0.05) is 47.5 Å². The lowest BCUT2D eigenvalue weighted by atomic mass is 10.1. The van der Waals surface area contributed by atoms with Gasteiger partial charge in [-0.25, -0.2) is 13.2 Å². The first-order valence-electron chi connectivity index (χ1n) is 11.1. The van der Waals surface area contributed by atoms with Gasteiger partial charge in [-0.2, -0.15) is 0 Å². The molecule has 0 saturated heterocycles. The van der Waals surface area contributed by atoms with Crippen LogP contribution in [0.4, 0.5) is 5.69 Å². The average Bonchev–Trinajstić information content (AvgIpc) is 2.81. The molecule has 0 heterocycles. The van der Waals surface area contributed by atoms with Gasteiger partial charge in [-0.05, 0) is 48.6 Å². The number of rotatable bonds is 10. The molecule has 0 aliphatic carbocycles. The highest BCUT2D eigenvalue weighted by molar-refractivity contribution is 7.90. The monoisotopic (exact) mass is 598 g/mol. The molecular weight excluding hydrogens is 574 g/mol. The number of hydrogen-bond donors (Lipinski definition) is 4. The van der Waals surface area contributed by atoms with Crippen LogP contribution in [-0.4, -0.2) is 55.8 Å². The maximum atomic E-state index is 13.1. The number of carboxylic acids is 1. The van der Waals surface area contributed by atoms with Crippen molar-refractivity contribution in [2.45, 2.75) is 17.4 Å². The van der Waals surface area contributed by atoms with Gasteiger partial charge in [0.15, 0.2) is 9.84 Å². The molecule has 0 aliphatic rings. The minimum Gasteiger partial charge on any atom is -0.508 e. The molecule has 202 valence electrons. The van der Waals surface area contributed by atoms with E-state index in [0.717, 1.165) is 6.26 Å². The summed E-state index contributed by atoms with van der Waals surface area (Å²) in [5.74, 6) is -2.17. The number of halogens is 2. The molecule has 0 fully saturated rings. The number of carboxylic acid groups (broad SMARTS) is 1. The van der Waals surface area contributed by atoms with Gasteiger partial charge in [0.25, 0.3) is 5.91 Å². The van der Waals surface area contributed by atoms with Gasteiger partial charge in [0.05, 0.1) is 26.8 Å². The van der Waals surface area contributed by atoms with E-state index in [9.17, 15) is 32.8 Å². The third kappa shape index (κ3) is 7.51. The van der Waals surface area contributed by atoms with Gasteiger partial charge in [-0.3, -0.25) is 4.79 Å². The molecule has 3 rings (SSSR count). The molecule has 2 atom stereocenters. The summed E-state index contributed by atoms with van der Waals surface area (Å²) in [6, 6.07) is 13.3. The summed E-state index contributed by atoms with van der Waals surface area (Å²) >= 11 is 12.6. The predicted octanol–water partition coefficient (Wildman–Crippen LogP) is 4.22. The number of nitrogens with one attached hydrogen (secondary N) is 2. The fraction of sp³-hybridized carbons (Fsp3) is 0.200. The van der Waals surface area contributed by atoms with Crippen molar-refractivity contribution in [2.75, 3.05) is 24.5 Å². The van der Waals surface area contributed by atoms with E-state index in [1.54, 1.807) is 24.9 Å². The number of sulfone groups is 1. The van der Waals surface area contributed by atoms with E-state index in [0.29, 0.717) is 16.6 Å². The van der Waals surface area contributed by atoms with Crippen molar-refractivity contribution in [1.82, 2.24) is 5.32 Å². The van der Waals surface area contributed by atoms with Gasteiger partial charge in [-0.15, -0.1) is 0 Å². The topological polar surface area (TPSA) is 150 Å². The van der Waals surface area contributed by atoms with Crippen LogP contribution in [0.1, 0.15) is 15.9 Å². The van der Waals surface area contributed by atoms with Crippen LogP contribution in [0.15, 0.2) is 65.6 Å². The molecule has 0 spiro atoms. The fourth-order valence-electron chi connectivity index (χ4n) is 3.58. The summed E-state index contributed by atoms with van der Waals surface area (Å²) in [6.07, 6.45) is 0.874. The molecule has 0 aliphatic heterocycles. The summed E-state index contributed by atoms with van der Waals surface area (Å²) in [6.45, 7) is 1.55. The minimum absolute atomic E-state index is 0.00574. The van der Waals surface area contributed by atoms with Crippen LogP contribution in [0.5, 0.6) is 5.75 Å². The van der Waals surface area contributed by atoms with Gasteiger partial charge in [0.2, 0.25) is 0 Å². The Morgan fingerprint density at radius 1 is 1.03 bits per heavy atom. The summed E-state index contributed by atoms with van der Waals surface area (Å²) in [4.78, 5) is 24.8. The maximum Gasteiger partial charge on any atom is 0.326 e. The predicted molar refractivity (Wildman–Crippen MR) is 148 cm³/mol. The van der Waals surface area contributed by atoms with Crippen LogP contribution < -0.4 is 15.9 Å². The second-order valence-electron chi connectivity index (χ2n) is 8.76. The minimum atomic E-state index is -3.50. The first-order valence-corrected chi connectivity index (χ1v) is 16.1. The number of anilines is 1. The van der Waals surface area contributed by atoms with Crippen molar-refractivity contribution in [3.8, 4) is 5.75 Å². The van der Waals surface area contributed by atoms with E-state index in [-0.39, 0.29) is 39.0 Å². The molecule has 4 N–H and O–H groups in total. The van der Waals surface area contributed by atoms with E-state index < -0.39 is 34.9 Å². The molecule has 0 aromatic heterocycles. The Labute approximate surface area is 230 Å². The first-order chi connectivity index (χ1) is 17.7. The van der Waals surface area contributed by atoms with Crippen molar-refractivity contribution < 1.29 is 32.8 Å². The van der Waals surface area contributed by atoms with Crippen LogP contribution in [0.3, 0.4) is 0 Å². The second kappa shape index (κ2) is 11.8. The quantitative estimate of drug-likeness (QED) is 0.253. The van der Waals surface area contributed by atoms with E-state index in [1.165, 1.54) is 42.5 Å². The van der Waals surface area contributed by atoms with Crippen molar-refractivity contribution in [2.24, 2.45) is 0 Å². The molecular formula is C25H25Cl2N2O7PS. The summed E-state index contributed by atoms with van der Waals surface area (Å²) in [5, 5.41) is 25.0. The SMILES string of the molecule is CP(=O)(CNc1cc(Cl)c(C(=O)N[C@@H](Cc2cccc(S(C)(=O)=O)c2)C(=O)O)c(Cl)c1)c1cccc(O)c1. The molecule has 1 unspecified atom stereocenters. The Balaban J connectivity index is 1.76. The smallest absolute Gasteiger partial charge is 0.326 e. The molecule has 38 heavy (non-hydrogen) atoms. The largest absolute Gasteiger partial charge is 0.508 e. The normalized spacial score (nSPS) is 13.8. The number of phenols is 1. The van der Waals surface area contributed by atoms with E-state index in [2.05, 4.69) is 10.6 Å². The van der Waals surface area contributed by atoms with Crippen LogP contribution in [-0.2, 0) is 25.6 Å². The highest BCUT2D eigenvalue weighted by atomic mass is 35.5. The number of carbonyl (C=O) groups excluding carboxylic acids is 1. The van der Waals surface area contributed by atoms with Crippen LogP contribution >= 0.6 is 30.3 Å². The molecule has 3 aromatic carbocycles. The summed E-state index contributed by atoms with van der Waals surface area (Å²) < 4.78 is 36.7. The molecule has 13 heteroatoms. The zero-order chi connectivity index (χ0) is 28.3. The zero-order valence-corrected chi connectivity index (χ0v) is 23.5. The number of amides is 1. The lowest BCUT2D eigenvalue weighted by Gasteiger charge is -2.18. The third-order valence-corrected chi connectivity index (χ3v) is 9.44. The Morgan fingerprint density at radius 2 is 1.66 bits per heavy atom. The van der Waals surface area contributed by atoms with Crippen molar-refractivity contribution in [3.63, 3.8) is 0 Å². The van der Waals surface area contributed by atoms with Crippen molar-refractivity contribution in [3.05, 3.63) is 81.8 Å². The first kappa shape index (κ1) is 29.5. The number of aromatic hydroxyl groups is 1. The molecule has 3 aromatic rings. The molecule has 0 radical (unpaired) electrons.